The molecule has 5 heteroatoms. The Balaban J connectivity index is 0. The molecular weight excluding hydrogens is 310 g/mol. The van der Waals surface area contributed by atoms with Crippen molar-refractivity contribution in [1.82, 2.24) is 0 Å². The van der Waals surface area contributed by atoms with Gasteiger partial charge in [-0.05, 0) is 24.7 Å². The van der Waals surface area contributed by atoms with Gasteiger partial charge in [-0.1, -0.05) is 66.2 Å². The molecule has 0 aliphatic rings. The van der Waals surface area contributed by atoms with Crippen molar-refractivity contribution in [3.05, 3.63) is 0 Å². The van der Waals surface area contributed by atoms with Gasteiger partial charge < -0.3 is 14.0 Å². The van der Waals surface area contributed by atoms with Gasteiger partial charge in [0.2, 0.25) is 0 Å². The van der Waals surface area contributed by atoms with Crippen LogP contribution in [0.1, 0.15) is 79.1 Å². The van der Waals surface area contributed by atoms with Gasteiger partial charge in [0.15, 0.2) is 0 Å². The molecule has 0 rings (SSSR count). The van der Waals surface area contributed by atoms with Crippen LogP contribution >= 0.6 is 7.60 Å². The van der Waals surface area contributed by atoms with Gasteiger partial charge in [0.1, 0.15) is 7.60 Å². The number of unbranched alkanes of at least 4 members (excludes halogenated alkanes) is 2. The maximum atomic E-state index is 12.1. The third kappa shape index (κ3) is 13.9. The van der Waals surface area contributed by atoms with E-state index in [1.165, 1.54) is 0 Å². The first-order valence-electron chi connectivity index (χ1n) is 8.43. The number of rotatable bonds is 13. The van der Waals surface area contributed by atoms with Crippen LogP contribution in [0.2, 0.25) is 0 Å². The summed E-state index contributed by atoms with van der Waals surface area (Å²) in [5.74, 6) is 0.641. The van der Waals surface area contributed by atoms with Crippen LogP contribution in [0.3, 0.4) is 0 Å². The third-order valence-electron chi connectivity index (χ3n) is 4.08. The average molecular weight is 345 g/mol. The minimum atomic E-state index is -3.65. The summed E-state index contributed by atoms with van der Waals surface area (Å²) in [4.78, 5) is 12.1. The second-order valence-electron chi connectivity index (χ2n) is 5.92. The average Bonchev–Trinajstić information content (AvgIpc) is 2.43. The molecule has 0 aliphatic heterocycles. The summed E-state index contributed by atoms with van der Waals surface area (Å²) in [5.41, 5.74) is 0. The molecule has 0 spiro atoms. The van der Waals surface area contributed by atoms with Gasteiger partial charge in [-0.15, -0.1) is 0 Å². The van der Waals surface area contributed by atoms with Crippen LogP contribution in [0.4, 0.5) is 0 Å². The van der Waals surface area contributed by atoms with Gasteiger partial charge in [0.25, 0.3) is 0 Å². The van der Waals surface area contributed by atoms with Gasteiger partial charge in [0, 0.05) is 6.16 Å². The molecule has 122 valence electrons. The van der Waals surface area contributed by atoms with Gasteiger partial charge in [0.05, 0.1) is 6.61 Å². The van der Waals surface area contributed by atoms with Crippen molar-refractivity contribution in [2.75, 3.05) is 12.8 Å². The molecule has 0 aromatic rings. The van der Waals surface area contributed by atoms with Crippen LogP contribution < -0.4 is 56.3 Å². The quantitative estimate of drug-likeness (QED) is 0.379. The fourth-order valence-electron chi connectivity index (χ4n) is 2.40. The van der Waals surface area contributed by atoms with E-state index in [1.807, 2.05) is 0 Å². The van der Waals surface area contributed by atoms with Crippen LogP contribution in [0.25, 0.3) is 0 Å². The Labute approximate surface area is 175 Å². The molecule has 21 heavy (non-hydrogen) atoms. The molecule has 0 N–H and O–H groups in total. The van der Waals surface area contributed by atoms with E-state index in [2.05, 4.69) is 27.7 Å². The van der Waals surface area contributed by atoms with Gasteiger partial charge in [-0.3, -0.25) is 0 Å². The molecule has 0 aromatic heterocycles. The van der Waals surface area contributed by atoms with Crippen LogP contribution in [0.15, 0.2) is 0 Å². The summed E-state index contributed by atoms with van der Waals surface area (Å²) in [6.45, 7) is 8.85. The van der Waals surface area contributed by atoms with E-state index in [0.717, 1.165) is 51.4 Å². The molecule has 0 saturated heterocycles. The second-order valence-corrected chi connectivity index (χ2v) is 7.77. The standard InChI is InChI=1S/C16H35O3P.K/c1-5-9-11-15(7-3)13-19-20(17,18)14-16(8-4)12-10-6-2;/h15-16H,5-14H2,1-4H3,(H,17,18);/q;+1/p-1. The minimum absolute atomic E-state index is 0. The van der Waals surface area contributed by atoms with E-state index in [4.69, 9.17) is 4.52 Å². The Morgan fingerprint density at radius 2 is 1.43 bits per heavy atom. The summed E-state index contributed by atoms with van der Waals surface area (Å²) >= 11 is 0. The summed E-state index contributed by atoms with van der Waals surface area (Å²) in [6.07, 6.45) is 8.72. The minimum Gasteiger partial charge on any atom is -0.778 e. The van der Waals surface area contributed by atoms with Crippen molar-refractivity contribution in [3.8, 4) is 0 Å². The molecule has 0 amide bonds. The number of hydrogen-bond acceptors (Lipinski definition) is 3. The van der Waals surface area contributed by atoms with Crippen molar-refractivity contribution >= 4 is 7.60 Å². The normalized spacial score (nSPS) is 16.8. The van der Waals surface area contributed by atoms with Crippen molar-refractivity contribution in [3.63, 3.8) is 0 Å². The molecule has 3 unspecified atom stereocenters. The van der Waals surface area contributed by atoms with E-state index < -0.39 is 7.60 Å². The van der Waals surface area contributed by atoms with Crippen LogP contribution in [0.5, 0.6) is 0 Å². The van der Waals surface area contributed by atoms with Crippen molar-refractivity contribution < 1.29 is 65.4 Å². The van der Waals surface area contributed by atoms with Crippen LogP contribution in [-0.2, 0) is 9.09 Å². The summed E-state index contributed by atoms with van der Waals surface area (Å²) in [6, 6.07) is 0. The first kappa shape index (κ1) is 25.0. The fourth-order valence-corrected chi connectivity index (χ4v) is 4.02. The summed E-state index contributed by atoms with van der Waals surface area (Å²) in [7, 11) is -3.65. The molecule has 0 aromatic carbocycles. The molecule has 0 saturated carbocycles. The molecule has 0 heterocycles. The molecule has 0 fully saturated rings. The maximum Gasteiger partial charge on any atom is 1.00 e. The van der Waals surface area contributed by atoms with E-state index in [-0.39, 0.29) is 63.5 Å². The molecular formula is C16H34KO3P. The van der Waals surface area contributed by atoms with Crippen LogP contribution in [0, 0.1) is 11.8 Å². The van der Waals surface area contributed by atoms with Crippen molar-refractivity contribution in [2.24, 2.45) is 11.8 Å². The Hall–Kier alpha value is 1.79. The van der Waals surface area contributed by atoms with E-state index in [0.29, 0.717) is 12.5 Å². The van der Waals surface area contributed by atoms with E-state index in [1.54, 1.807) is 0 Å². The van der Waals surface area contributed by atoms with Crippen molar-refractivity contribution in [1.29, 1.82) is 0 Å². The Morgan fingerprint density at radius 3 is 1.86 bits per heavy atom. The molecule has 0 bridgehead atoms. The smallest absolute Gasteiger partial charge is 0.778 e. The van der Waals surface area contributed by atoms with Gasteiger partial charge >= 0.3 is 51.4 Å². The van der Waals surface area contributed by atoms with Gasteiger partial charge in [-0.25, -0.2) is 0 Å². The maximum absolute atomic E-state index is 12.1. The Kier molecular flexibility index (Phi) is 18.3. The summed E-state index contributed by atoms with van der Waals surface area (Å²) in [5, 5.41) is 0. The predicted molar refractivity (Wildman–Crippen MR) is 85.0 cm³/mol. The largest absolute Gasteiger partial charge is 1.00 e. The molecule has 0 radical (unpaired) electrons. The van der Waals surface area contributed by atoms with Crippen LogP contribution in [-0.4, -0.2) is 12.8 Å². The third-order valence-corrected chi connectivity index (χ3v) is 5.58. The monoisotopic (exact) mass is 344 g/mol. The predicted octanol–water partition coefficient (Wildman–Crippen LogP) is 1.99. The molecule has 3 atom stereocenters. The second kappa shape index (κ2) is 15.3. The first-order valence-corrected chi connectivity index (χ1v) is 10.2. The Morgan fingerprint density at radius 1 is 0.952 bits per heavy atom. The van der Waals surface area contributed by atoms with E-state index >= 15 is 0 Å². The molecule has 0 aliphatic carbocycles. The topological polar surface area (TPSA) is 49.4 Å². The Bertz CT molecular complexity index is 274. The van der Waals surface area contributed by atoms with Gasteiger partial charge in [-0.2, -0.15) is 0 Å². The first-order chi connectivity index (χ1) is 9.49. The molecule has 3 nitrogen and oxygen atoms in total. The zero-order chi connectivity index (χ0) is 15.4. The fraction of sp³-hybridized carbons (Fsp3) is 1.00. The van der Waals surface area contributed by atoms with E-state index in [9.17, 15) is 9.46 Å². The SMILES string of the molecule is CCCCC(CC)COP(=O)([O-])CC(CC)CCCC.[K+]. The zero-order valence-electron chi connectivity index (χ0n) is 14.9. The van der Waals surface area contributed by atoms with Crippen molar-refractivity contribution in [2.45, 2.75) is 79.1 Å². The zero-order valence-corrected chi connectivity index (χ0v) is 18.9. The summed E-state index contributed by atoms with van der Waals surface area (Å²) < 4.78 is 17.4. The number of hydrogen-bond donors (Lipinski definition) is 0.